The third-order valence-electron chi connectivity index (χ3n) is 3.37. The van der Waals surface area contributed by atoms with E-state index in [1.807, 2.05) is 0 Å². The molecule has 0 amide bonds. The average Bonchev–Trinajstić information content (AvgIpc) is 2.86. The van der Waals surface area contributed by atoms with Crippen LogP contribution in [0.1, 0.15) is 64.7 Å². The Balaban J connectivity index is 2.00. The number of rotatable bonds is 10. The van der Waals surface area contributed by atoms with E-state index in [1.54, 1.807) is 0 Å². The molecule has 0 saturated carbocycles. The van der Waals surface area contributed by atoms with Gasteiger partial charge in [0.05, 0.1) is 12.6 Å². The van der Waals surface area contributed by atoms with E-state index in [0.29, 0.717) is 0 Å². The predicted octanol–water partition coefficient (Wildman–Crippen LogP) is 3.26. The minimum absolute atomic E-state index is 0.230. The molecule has 1 unspecified atom stereocenters. The Hall–Kier alpha value is -0.540. The third kappa shape index (κ3) is 6.08. The minimum Gasteiger partial charge on any atom is -0.496 e. The highest BCUT2D eigenvalue weighted by atomic mass is 16.5. The number of nitrogens with one attached hydrogen (secondary N) is 1. The molecule has 100 valence electrons. The SMILES string of the molecule is CCCCCCCCCC(NN)C1=CCCO1. The van der Waals surface area contributed by atoms with Gasteiger partial charge in [0.15, 0.2) is 0 Å². The minimum atomic E-state index is 0.230. The van der Waals surface area contributed by atoms with Crippen LogP contribution >= 0.6 is 0 Å². The van der Waals surface area contributed by atoms with Crippen molar-refractivity contribution in [2.24, 2.45) is 5.84 Å². The highest BCUT2D eigenvalue weighted by Crippen LogP contribution is 2.18. The summed E-state index contributed by atoms with van der Waals surface area (Å²) in [6.07, 6.45) is 13.7. The quantitative estimate of drug-likeness (QED) is 0.350. The lowest BCUT2D eigenvalue weighted by Crippen LogP contribution is -2.36. The van der Waals surface area contributed by atoms with E-state index >= 15 is 0 Å². The van der Waals surface area contributed by atoms with Crippen LogP contribution in [0.3, 0.4) is 0 Å². The van der Waals surface area contributed by atoms with E-state index in [4.69, 9.17) is 10.6 Å². The normalized spacial score (nSPS) is 16.7. The molecular weight excluding hydrogens is 212 g/mol. The summed E-state index contributed by atoms with van der Waals surface area (Å²) >= 11 is 0. The van der Waals surface area contributed by atoms with Gasteiger partial charge >= 0.3 is 0 Å². The molecule has 0 saturated heterocycles. The number of ether oxygens (including phenoxy) is 1. The Morgan fingerprint density at radius 2 is 1.94 bits per heavy atom. The third-order valence-corrected chi connectivity index (χ3v) is 3.37. The van der Waals surface area contributed by atoms with Gasteiger partial charge in [-0.25, -0.2) is 5.43 Å². The van der Waals surface area contributed by atoms with Gasteiger partial charge in [0.1, 0.15) is 5.76 Å². The van der Waals surface area contributed by atoms with Crippen molar-refractivity contribution in [1.29, 1.82) is 0 Å². The Kier molecular flexibility index (Phi) is 8.10. The van der Waals surface area contributed by atoms with E-state index in [-0.39, 0.29) is 6.04 Å². The van der Waals surface area contributed by atoms with Gasteiger partial charge in [-0.05, 0) is 12.5 Å². The molecule has 0 fully saturated rings. The van der Waals surface area contributed by atoms with Crippen molar-refractivity contribution >= 4 is 0 Å². The molecule has 0 aromatic rings. The molecule has 3 heteroatoms. The predicted molar refractivity (Wildman–Crippen MR) is 72.4 cm³/mol. The topological polar surface area (TPSA) is 47.3 Å². The first-order chi connectivity index (χ1) is 8.38. The van der Waals surface area contributed by atoms with Crippen molar-refractivity contribution in [2.45, 2.75) is 70.8 Å². The fourth-order valence-electron chi connectivity index (χ4n) is 2.29. The van der Waals surface area contributed by atoms with Crippen molar-refractivity contribution in [3.05, 3.63) is 11.8 Å². The van der Waals surface area contributed by atoms with Crippen LogP contribution in [0.25, 0.3) is 0 Å². The van der Waals surface area contributed by atoms with Crippen LogP contribution in [-0.2, 0) is 4.74 Å². The second-order valence-corrected chi connectivity index (χ2v) is 4.87. The van der Waals surface area contributed by atoms with Crippen LogP contribution in [0.4, 0.5) is 0 Å². The lowest BCUT2D eigenvalue weighted by Gasteiger charge is -2.16. The molecule has 0 aromatic heterocycles. The lowest BCUT2D eigenvalue weighted by molar-refractivity contribution is 0.210. The Morgan fingerprint density at radius 1 is 1.24 bits per heavy atom. The number of nitrogens with two attached hydrogens (primary N) is 1. The molecule has 1 heterocycles. The molecule has 1 atom stereocenters. The highest BCUT2D eigenvalue weighted by Gasteiger charge is 2.16. The highest BCUT2D eigenvalue weighted by molar-refractivity contribution is 5.06. The summed E-state index contributed by atoms with van der Waals surface area (Å²) in [4.78, 5) is 0. The van der Waals surface area contributed by atoms with Crippen LogP contribution in [0.2, 0.25) is 0 Å². The number of hydrogen-bond acceptors (Lipinski definition) is 3. The zero-order valence-corrected chi connectivity index (χ0v) is 11.2. The summed E-state index contributed by atoms with van der Waals surface area (Å²) in [7, 11) is 0. The average molecular weight is 240 g/mol. The second-order valence-electron chi connectivity index (χ2n) is 4.87. The van der Waals surface area contributed by atoms with E-state index in [1.165, 1.54) is 44.9 Å². The zero-order chi connectivity index (χ0) is 12.3. The summed E-state index contributed by atoms with van der Waals surface area (Å²) in [5.41, 5.74) is 2.86. The molecule has 17 heavy (non-hydrogen) atoms. The fraction of sp³-hybridized carbons (Fsp3) is 0.857. The summed E-state index contributed by atoms with van der Waals surface area (Å²) in [6, 6.07) is 0.230. The Bertz CT molecular complexity index is 216. The molecule has 3 nitrogen and oxygen atoms in total. The van der Waals surface area contributed by atoms with Gasteiger partial charge in [-0.3, -0.25) is 5.84 Å². The zero-order valence-electron chi connectivity index (χ0n) is 11.2. The van der Waals surface area contributed by atoms with E-state index in [9.17, 15) is 0 Å². The van der Waals surface area contributed by atoms with Crippen molar-refractivity contribution in [2.75, 3.05) is 6.61 Å². The summed E-state index contributed by atoms with van der Waals surface area (Å²) < 4.78 is 5.53. The summed E-state index contributed by atoms with van der Waals surface area (Å²) in [6.45, 7) is 3.08. The smallest absolute Gasteiger partial charge is 0.110 e. The molecule has 1 aliphatic heterocycles. The first-order valence-corrected chi connectivity index (χ1v) is 7.17. The molecule has 0 bridgehead atoms. The molecular formula is C14H28N2O. The van der Waals surface area contributed by atoms with Crippen LogP contribution < -0.4 is 11.3 Å². The van der Waals surface area contributed by atoms with Crippen LogP contribution in [0.15, 0.2) is 11.8 Å². The van der Waals surface area contributed by atoms with Gasteiger partial charge < -0.3 is 4.74 Å². The van der Waals surface area contributed by atoms with Crippen LogP contribution in [-0.4, -0.2) is 12.6 Å². The molecule has 1 aliphatic rings. The van der Waals surface area contributed by atoms with Crippen molar-refractivity contribution in [3.8, 4) is 0 Å². The van der Waals surface area contributed by atoms with Gasteiger partial charge in [-0.1, -0.05) is 51.9 Å². The molecule has 1 rings (SSSR count). The molecule has 0 aromatic carbocycles. The summed E-state index contributed by atoms with van der Waals surface area (Å²) in [5, 5.41) is 0. The van der Waals surface area contributed by atoms with Crippen LogP contribution in [0.5, 0.6) is 0 Å². The number of hydrogen-bond donors (Lipinski definition) is 2. The van der Waals surface area contributed by atoms with E-state index < -0.39 is 0 Å². The van der Waals surface area contributed by atoms with Crippen molar-refractivity contribution in [3.63, 3.8) is 0 Å². The summed E-state index contributed by atoms with van der Waals surface area (Å²) in [5.74, 6) is 6.62. The number of unbranched alkanes of at least 4 members (excludes halogenated alkanes) is 6. The monoisotopic (exact) mass is 240 g/mol. The van der Waals surface area contributed by atoms with E-state index in [2.05, 4.69) is 18.4 Å². The van der Waals surface area contributed by atoms with Gasteiger partial charge in [0.2, 0.25) is 0 Å². The Labute approximate surface area is 106 Å². The Morgan fingerprint density at radius 3 is 2.53 bits per heavy atom. The maximum atomic E-state index is 5.56. The maximum Gasteiger partial charge on any atom is 0.110 e. The van der Waals surface area contributed by atoms with Gasteiger partial charge in [0, 0.05) is 6.42 Å². The maximum absolute atomic E-state index is 5.56. The van der Waals surface area contributed by atoms with Gasteiger partial charge in [-0.2, -0.15) is 0 Å². The molecule has 0 aliphatic carbocycles. The lowest BCUT2D eigenvalue weighted by atomic mass is 10.0. The molecule has 3 N–H and O–H groups in total. The van der Waals surface area contributed by atoms with Gasteiger partial charge in [-0.15, -0.1) is 0 Å². The van der Waals surface area contributed by atoms with E-state index in [0.717, 1.165) is 25.2 Å². The standard InChI is InChI=1S/C14H28N2O/c1-2-3-4-5-6-7-8-10-13(16-15)14-11-9-12-17-14/h11,13,16H,2-10,12,15H2,1H3. The van der Waals surface area contributed by atoms with Crippen molar-refractivity contribution in [1.82, 2.24) is 5.43 Å². The fourth-order valence-corrected chi connectivity index (χ4v) is 2.29. The molecule has 0 spiro atoms. The van der Waals surface area contributed by atoms with Crippen LogP contribution in [0, 0.1) is 0 Å². The second kappa shape index (κ2) is 9.49. The largest absolute Gasteiger partial charge is 0.496 e. The first kappa shape index (κ1) is 14.5. The first-order valence-electron chi connectivity index (χ1n) is 7.17. The number of hydrazine groups is 1. The molecule has 0 radical (unpaired) electrons. The van der Waals surface area contributed by atoms with Crippen molar-refractivity contribution < 1.29 is 4.74 Å². The van der Waals surface area contributed by atoms with Gasteiger partial charge in [0.25, 0.3) is 0 Å².